The Kier molecular flexibility index (Phi) is 2.54. The van der Waals surface area contributed by atoms with E-state index in [-0.39, 0.29) is 11.0 Å². The third-order valence-corrected chi connectivity index (χ3v) is 2.43. The number of hydrogen-bond donors (Lipinski definition) is 2. The number of nitrogens with zero attached hydrogens (tertiary/aromatic N) is 1. The number of hydrogen-bond acceptors (Lipinski definition) is 2. The summed E-state index contributed by atoms with van der Waals surface area (Å²) in [7, 11) is 0. The molecule has 0 aliphatic carbocycles. The summed E-state index contributed by atoms with van der Waals surface area (Å²) < 4.78 is 12.9. The maximum absolute atomic E-state index is 12.9. The minimum Gasteiger partial charge on any atom is -0.369 e. The van der Waals surface area contributed by atoms with Gasteiger partial charge in [0, 0.05) is 5.56 Å². The van der Waals surface area contributed by atoms with Crippen molar-refractivity contribution in [2.45, 2.75) is 0 Å². The van der Waals surface area contributed by atoms with E-state index in [4.69, 9.17) is 28.9 Å². The number of nitrogens with one attached hydrogen (secondary N) is 1. The first kappa shape index (κ1) is 10.3. The van der Waals surface area contributed by atoms with Crippen molar-refractivity contribution in [1.82, 2.24) is 9.97 Å². The van der Waals surface area contributed by atoms with Gasteiger partial charge in [-0.3, -0.25) is 0 Å². The van der Waals surface area contributed by atoms with E-state index in [0.29, 0.717) is 16.4 Å². The molecule has 0 spiro atoms. The molecule has 1 heterocycles. The lowest BCUT2D eigenvalue weighted by molar-refractivity contribution is 0.628. The summed E-state index contributed by atoms with van der Waals surface area (Å²) in [6.45, 7) is 0. The van der Waals surface area contributed by atoms with Crippen LogP contribution in [0.4, 0.5) is 10.3 Å². The maximum atomic E-state index is 12.9. The molecule has 15 heavy (non-hydrogen) atoms. The van der Waals surface area contributed by atoms with Gasteiger partial charge in [0.05, 0.1) is 5.02 Å². The Morgan fingerprint density at radius 1 is 1.33 bits per heavy atom. The minimum absolute atomic E-state index is 0.0186. The first-order valence-electron chi connectivity index (χ1n) is 4.04. The summed E-state index contributed by atoms with van der Waals surface area (Å²) in [5.41, 5.74) is 6.49. The van der Waals surface area contributed by atoms with E-state index in [0.717, 1.165) is 0 Å². The second kappa shape index (κ2) is 3.72. The van der Waals surface area contributed by atoms with Gasteiger partial charge in [0.25, 0.3) is 0 Å². The number of aromatic nitrogens is 2. The Hall–Kier alpha value is -1.26. The van der Waals surface area contributed by atoms with Crippen molar-refractivity contribution >= 4 is 29.2 Å². The molecule has 6 heteroatoms. The average molecular weight is 246 g/mol. The molecule has 0 saturated carbocycles. The summed E-state index contributed by atoms with van der Waals surface area (Å²) in [4.78, 5) is 6.60. The van der Waals surface area contributed by atoms with Crippen molar-refractivity contribution in [2.24, 2.45) is 0 Å². The van der Waals surface area contributed by atoms with Gasteiger partial charge in [-0.1, -0.05) is 23.2 Å². The lowest BCUT2D eigenvalue weighted by atomic mass is 10.2. The van der Waals surface area contributed by atoms with Gasteiger partial charge < -0.3 is 10.7 Å². The molecule has 0 bridgehead atoms. The fraction of sp³-hybridized carbons (Fsp3) is 0. The third-order valence-electron chi connectivity index (χ3n) is 1.87. The zero-order valence-electron chi connectivity index (χ0n) is 7.39. The minimum atomic E-state index is -0.486. The summed E-state index contributed by atoms with van der Waals surface area (Å²) in [5, 5.41) is 0.320. The molecule has 78 valence electrons. The summed E-state index contributed by atoms with van der Waals surface area (Å²) in [6, 6.07) is 4.22. The molecular formula is C9H6Cl2FN3. The lowest BCUT2D eigenvalue weighted by Crippen LogP contribution is -1.86. The highest BCUT2D eigenvalue weighted by Gasteiger charge is 2.10. The lowest BCUT2D eigenvalue weighted by Gasteiger charge is -1.99. The Labute approximate surface area is 95.0 Å². The monoisotopic (exact) mass is 245 g/mol. The van der Waals surface area contributed by atoms with Crippen molar-refractivity contribution in [2.75, 3.05) is 5.73 Å². The van der Waals surface area contributed by atoms with E-state index < -0.39 is 5.82 Å². The van der Waals surface area contributed by atoms with Crippen LogP contribution in [0.3, 0.4) is 0 Å². The van der Waals surface area contributed by atoms with E-state index in [1.165, 1.54) is 18.2 Å². The van der Waals surface area contributed by atoms with E-state index in [1.54, 1.807) is 0 Å². The van der Waals surface area contributed by atoms with Crippen LogP contribution in [0.2, 0.25) is 10.2 Å². The summed E-state index contributed by atoms with van der Waals surface area (Å²) in [6.07, 6.45) is 0. The number of rotatable bonds is 1. The molecule has 0 unspecified atom stereocenters. The first-order valence-corrected chi connectivity index (χ1v) is 4.80. The van der Waals surface area contributed by atoms with Gasteiger partial charge in [-0.15, -0.1) is 0 Å². The van der Waals surface area contributed by atoms with Crippen LogP contribution < -0.4 is 5.73 Å². The van der Waals surface area contributed by atoms with Crippen LogP contribution in [0.25, 0.3) is 11.3 Å². The fourth-order valence-corrected chi connectivity index (χ4v) is 1.63. The third kappa shape index (κ3) is 1.91. The zero-order chi connectivity index (χ0) is 11.0. The van der Waals surface area contributed by atoms with Crippen LogP contribution in [0.1, 0.15) is 0 Å². The SMILES string of the molecule is Nc1nc(-c2ccc(F)c(Cl)c2)c(Cl)[nH]1. The molecule has 2 rings (SSSR count). The van der Waals surface area contributed by atoms with Crippen molar-refractivity contribution in [3.8, 4) is 11.3 Å². The van der Waals surface area contributed by atoms with Crippen LogP contribution in [-0.2, 0) is 0 Å². The number of nitrogen functional groups attached to an aromatic ring is 1. The first-order chi connectivity index (χ1) is 7.08. The smallest absolute Gasteiger partial charge is 0.199 e. The normalized spacial score (nSPS) is 10.6. The number of imidazole rings is 1. The predicted octanol–water partition coefficient (Wildman–Crippen LogP) is 3.10. The highest BCUT2D eigenvalue weighted by atomic mass is 35.5. The Morgan fingerprint density at radius 2 is 2.07 bits per heavy atom. The molecule has 0 fully saturated rings. The van der Waals surface area contributed by atoms with Gasteiger partial charge in [-0.25, -0.2) is 9.37 Å². The van der Waals surface area contributed by atoms with Gasteiger partial charge in [-0.2, -0.15) is 0 Å². The second-order valence-electron chi connectivity index (χ2n) is 2.91. The van der Waals surface area contributed by atoms with Crippen molar-refractivity contribution in [3.05, 3.63) is 34.2 Å². The van der Waals surface area contributed by atoms with Crippen LogP contribution in [0.15, 0.2) is 18.2 Å². The quantitative estimate of drug-likeness (QED) is 0.812. The zero-order valence-corrected chi connectivity index (χ0v) is 8.90. The van der Waals surface area contributed by atoms with Crippen molar-refractivity contribution in [3.63, 3.8) is 0 Å². The van der Waals surface area contributed by atoms with Crippen molar-refractivity contribution < 1.29 is 4.39 Å². The van der Waals surface area contributed by atoms with Gasteiger partial charge in [0.15, 0.2) is 5.95 Å². The number of aromatic amines is 1. The van der Waals surface area contributed by atoms with E-state index in [1.807, 2.05) is 0 Å². The average Bonchev–Trinajstić information content (AvgIpc) is 2.50. The molecule has 1 aromatic carbocycles. The second-order valence-corrected chi connectivity index (χ2v) is 3.70. The van der Waals surface area contributed by atoms with E-state index >= 15 is 0 Å². The topological polar surface area (TPSA) is 54.7 Å². The fourth-order valence-electron chi connectivity index (χ4n) is 1.20. The Morgan fingerprint density at radius 3 is 2.60 bits per heavy atom. The molecule has 3 nitrogen and oxygen atoms in total. The largest absolute Gasteiger partial charge is 0.369 e. The molecule has 0 saturated heterocycles. The molecule has 0 radical (unpaired) electrons. The molecule has 1 aromatic heterocycles. The van der Waals surface area contributed by atoms with Gasteiger partial charge >= 0.3 is 0 Å². The van der Waals surface area contributed by atoms with Crippen LogP contribution in [0, 0.1) is 5.82 Å². The van der Waals surface area contributed by atoms with Gasteiger partial charge in [0.1, 0.15) is 16.7 Å². The highest BCUT2D eigenvalue weighted by molar-refractivity contribution is 6.32. The van der Waals surface area contributed by atoms with Crippen LogP contribution in [0.5, 0.6) is 0 Å². The number of nitrogens with two attached hydrogens (primary N) is 1. The summed E-state index contributed by atoms with van der Waals surface area (Å²) in [5.74, 6) is -0.282. The van der Waals surface area contributed by atoms with Crippen molar-refractivity contribution in [1.29, 1.82) is 0 Å². The molecule has 2 aromatic rings. The molecule has 3 N–H and O–H groups in total. The Bertz CT molecular complexity index is 510. The Balaban J connectivity index is 2.54. The van der Waals surface area contributed by atoms with Gasteiger partial charge in [-0.05, 0) is 18.2 Å². The molecular weight excluding hydrogens is 240 g/mol. The van der Waals surface area contributed by atoms with Gasteiger partial charge in [0.2, 0.25) is 0 Å². The van der Waals surface area contributed by atoms with E-state index in [2.05, 4.69) is 9.97 Å². The molecule has 0 aliphatic rings. The number of H-pyrrole nitrogens is 1. The highest BCUT2D eigenvalue weighted by Crippen LogP contribution is 2.29. The number of benzene rings is 1. The number of anilines is 1. The standard InChI is InChI=1S/C9H6Cl2FN3/c10-5-3-4(1-2-6(5)12)7-8(11)15-9(13)14-7/h1-3H,(H3,13,14,15). The maximum Gasteiger partial charge on any atom is 0.199 e. The van der Waals surface area contributed by atoms with E-state index in [9.17, 15) is 4.39 Å². The molecule has 0 atom stereocenters. The predicted molar refractivity (Wildman–Crippen MR) is 58.4 cm³/mol. The molecule has 0 amide bonds. The molecule has 0 aliphatic heterocycles. The van der Waals surface area contributed by atoms with Crippen LogP contribution in [-0.4, -0.2) is 9.97 Å². The number of halogens is 3. The summed E-state index contributed by atoms with van der Waals surface area (Å²) >= 11 is 11.5. The van der Waals surface area contributed by atoms with Crippen LogP contribution >= 0.6 is 23.2 Å².